The summed E-state index contributed by atoms with van der Waals surface area (Å²) in [6.07, 6.45) is 1.44. The number of benzene rings is 1. The number of halogens is 2. The lowest BCUT2D eigenvalue weighted by molar-refractivity contribution is -0.385. The molecule has 138 valence electrons. The minimum Gasteiger partial charge on any atom is -0.504 e. The van der Waals surface area contributed by atoms with Gasteiger partial charge in [-0.25, -0.2) is 15.0 Å². The van der Waals surface area contributed by atoms with E-state index < -0.39 is 22.1 Å². The third-order valence-corrected chi connectivity index (χ3v) is 4.77. The number of hydrogen-bond donors (Lipinski definition) is 2. The van der Waals surface area contributed by atoms with Crippen LogP contribution in [0.2, 0.25) is 10.2 Å². The lowest BCUT2D eigenvalue weighted by Gasteiger charge is -2.11. The lowest BCUT2D eigenvalue weighted by Crippen LogP contribution is -1.99. The fraction of sp³-hybridized carbons (Fsp3) is 0.118. The smallest absolute Gasteiger partial charge is 0.315 e. The average molecular weight is 407 g/mol. The van der Waals surface area contributed by atoms with Gasteiger partial charge in [0.2, 0.25) is 5.75 Å². The van der Waals surface area contributed by atoms with E-state index in [0.29, 0.717) is 21.8 Å². The van der Waals surface area contributed by atoms with E-state index in [9.17, 15) is 20.3 Å². The molecular weight excluding hydrogens is 395 g/mol. The van der Waals surface area contributed by atoms with E-state index in [1.807, 2.05) is 0 Å². The number of aromatic hydroxyl groups is 2. The number of aryl methyl sites for hydroxylation is 1. The van der Waals surface area contributed by atoms with E-state index in [1.54, 1.807) is 13.8 Å². The summed E-state index contributed by atoms with van der Waals surface area (Å²) in [6.45, 7) is 3.48. The first-order valence-electron chi connectivity index (χ1n) is 7.57. The minimum atomic E-state index is -0.813. The molecule has 0 unspecified atom stereocenters. The maximum absolute atomic E-state index is 11.1. The first-order valence-corrected chi connectivity index (χ1v) is 8.32. The van der Waals surface area contributed by atoms with Crippen molar-refractivity contribution in [1.29, 1.82) is 0 Å². The van der Waals surface area contributed by atoms with Gasteiger partial charge in [0.15, 0.2) is 11.6 Å². The van der Waals surface area contributed by atoms with Crippen LogP contribution in [0.1, 0.15) is 11.3 Å². The van der Waals surface area contributed by atoms with Crippen LogP contribution in [0.3, 0.4) is 0 Å². The standard InChI is InChI=1S/C17H12Cl2N4O4/c1-7-13(16(19)21-8(2)14(7)18)17-20-4-3-10(22-17)9-5-11(23(26)27)15(25)12(24)6-9/h3-6,24-25H,1-2H3. The van der Waals surface area contributed by atoms with Crippen molar-refractivity contribution < 1.29 is 15.1 Å². The van der Waals surface area contributed by atoms with E-state index >= 15 is 0 Å². The molecule has 0 radical (unpaired) electrons. The molecule has 0 saturated carbocycles. The number of nitro groups is 1. The summed E-state index contributed by atoms with van der Waals surface area (Å²) < 4.78 is 0. The van der Waals surface area contributed by atoms with Crippen LogP contribution in [0.4, 0.5) is 5.69 Å². The molecule has 3 rings (SSSR count). The predicted molar refractivity (Wildman–Crippen MR) is 100 cm³/mol. The summed E-state index contributed by atoms with van der Waals surface area (Å²) in [5.41, 5.74) is 1.51. The van der Waals surface area contributed by atoms with Crippen molar-refractivity contribution in [2.45, 2.75) is 13.8 Å². The highest BCUT2D eigenvalue weighted by Gasteiger charge is 2.21. The topological polar surface area (TPSA) is 122 Å². The molecule has 27 heavy (non-hydrogen) atoms. The Morgan fingerprint density at radius 3 is 2.52 bits per heavy atom. The zero-order chi connectivity index (χ0) is 19.9. The molecular formula is C17H12Cl2N4O4. The van der Waals surface area contributed by atoms with Crippen molar-refractivity contribution in [3.8, 4) is 34.1 Å². The first kappa shape index (κ1) is 18.8. The lowest BCUT2D eigenvalue weighted by atomic mass is 10.1. The Bertz CT molecular complexity index is 1090. The number of pyridine rings is 1. The molecule has 0 saturated heterocycles. The monoisotopic (exact) mass is 406 g/mol. The van der Waals surface area contributed by atoms with Crippen LogP contribution in [0.5, 0.6) is 11.5 Å². The van der Waals surface area contributed by atoms with Gasteiger partial charge in [0.25, 0.3) is 0 Å². The summed E-state index contributed by atoms with van der Waals surface area (Å²) in [5.74, 6) is -1.22. The van der Waals surface area contributed by atoms with Gasteiger partial charge in [0.1, 0.15) is 5.15 Å². The highest BCUT2D eigenvalue weighted by molar-refractivity contribution is 6.35. The molecule has 2 N–H and O–H groups in total. The average Bonchev–Trinajstić information content (AvgIpc) is 2.62. The molecule has 0 aliphatic heterocycles. The molecule has 0 aliphatic carbocycles. The van der Waals surface area contributed by atoms with Crippen LogP contribution in [-0.4, -0.2) is 30.1 Å². The molecule has 2 aromatic heterocycles. The Morgan fingerprint density at radius 2 is 1.85 bits per heavy atom. The van der Waals surface area contributed by atoms with Crippen LogP contribution < -0.4 is 0 Å². The molecule has 0 atom stereocenters. The molecule has 8 nitrogen and oxygen atoms in total. The summed E-state index contributed by atoms with van der Waals surface area (Å²) in [5, 5.41) is 31.1. The third-order valence-electron chi connectivity index (χ3n) is 3.94. The molecule has 3 aromatic rings. The molecule has 10 heteroatoms. The summed E-state index contributed by atoms with van der Waals surface area (Å²) in [6, 6.07) is 3.78. The van der Waals surface area contributed by atoms with E-state index in [-0.39, 0.29) is 22.2 Å². The number of nitrogens with zero attached hydrogens (tertiary/aromatic N) is 4. The fourth-order valence-electron chi connectivity index (χ4n) is 2.58. The normalized spacial score (nSPS) is 10.8. The summed E-state index contributed by atoms with van der Waals surface area (Å²) >= 11 is 12.5. The predicted octanol–water partition coefficient (Wildman–Crippen LogP) is 4.45. The second-order valence-corrected chi connectivity index (χ2v) is 6.42. The van der Waals surface area contributed by atoms with Crippen molar-refractivity contribution >= 4 is 28.9 Å². The van der Waals surface area contributed by atoms with Gasteiger partial charge in [-0.3, -0.25) is 10.1 Å². The number of aromatic nitrogens is 3. The minimum absolute atomic E-state index is 0.172. The van der Waals surface area contributed by atoms with Crippen molar-refractivity contribution in [3.05, 3.63) is 55.9 Å². The van der Waals surface area contributed by atoms with Crippen molar-refractivity contribution in [1.82, 2.24) is 15.0 Å². The Labute approximate surface area is 163 Å². The van der Waals surface area contributed by atoms with Crippen molar-refractivity contribution in [3.63, 3.8) is 0 Å². The van der Waals surface area contributed by atoms with Crippen molar-refractivity contribution in [2.75, 3.05) is 0 Å². The van der Waals surface area contributed by atoms with Gasteiger partial charge in [-0.1, -0.05) is 23.2 Å². The zero-order valence-electron chi connectivity index (χ0n) is 14.1. The number of phenolic OH excluding ortho intramolecular Hbond substituents is 2. The SMILES string of the molecule is Cc1nc(Cl)c(-c2nccc(-c3cc(O)c(O)c([N+](=O)[O-])c3)n2)c(C)c1Cl. The first-order chi connectivity index (χ1) is 12.7. The quantitative estimate of drug-likeness (QED) is 0.285. The van der Waals surface area contributed by atoms with Gasteiger partial charge >= 0.3 is 5.69 Å². The second kappa shape index (κ2) is 6.98. The van der Waals surface area contributed by atoms with Crippen LogP contribution in [0.25, 0.3) is 22.6 Å². The van der Waals surface area contributed by atoms with Gasteiger partial charge < -0.3 is 10.2 Å². The summed E-state index contributed by atoms with van der Waals surface area (Å²) in [7, 11) is 0. The van der Waals surface area contributed by atoms with E-state index in [2.05, 4.69) is 15.0 Å². The van der Waals surface area contributed by atoms with Gasteiger partial charge in [0.05, 0.1) is 26.9 Å². The van der Waals surface area contributed by atoms with Gasteiger partial charge in [-0.05, 0) is 31.5 Å². The Balaban J connectivity index is 2.19. The number of rotatable bonds is 3. The number of phenols is 2. The third kappa shape index (κ3) is 3.36. The molecule has 1 aromatic carbocycles. The molecule has 2 heterocycles. The van der Waals surface area contributed by atoms with E-state index in [1.165, 1.54) is 18.3 Å². The molecule has 0 bridgehead atoms. The van der Waals surface area contributed by atoms with Gasteiger partial charge in [-0.15, -0.1) is 0 Å². The van der Waals surface area contributed by atoms with Gasteiger partial charge in [-0.2, -0.15) is 0 Å². The van der Waals surface area contributed by atoms with Crippen LogP contribution in [-0.2, 0) is 0 Å². The molecule has 0 spiro atoms. The highest BCUT2D eigenvalue weighted by Crippen LogP contribution is 2.39. The molecule has 0 fully saturated rings. The largest absolute Gasteiger partial charge is 0.504 e. The number of nitro benzene ring substituents is 1. The van der Waals surface area contributed by atoms with Crippen molar-refractivity contribution in [2.24, 2.45) is 0 Å². The van der Waals surface area contributed by atoms with Crippen LogP contribution in [0, 0.1) is 24.0 Å². The maximum atomic E-state index is 11.1. The maximum Gasteiger partial charge on any atom is 0.315 e. The highest BCUT2D eigenvalue weighted by atomic mass is 35.5. The van der Waals surface area contributed by atoms with Gasteiger partial charge in [0, 0.05) is 17.8 Å². The Morgan fingerprint density at radius 1 is 1.15 bits per heavy atom. The van der Waals surface area contributed by atoms with Crippen LogP contribution in [0.15, 0.2) is 24.4 Å². The Hall–Kier alpha value is -2.97. The number of hydrogen-bond acceptors (Lipinski definition) is 7. The second-order valence-electron chi connectivity index (χ2n) is 5.69. The summed E-state index contributed by atoms with van der Waals surface area (Å²) in [4.78, 5) is 23.0. The fourth-order valence-corrected chi connectivity index (χ4v) is 3.07. The van der Waals surface area contributed by atoms with Crippen LogP contribution >= 0.6 is 23.2 Å². The molecule has 0 aliphatic rings. The van der Waals surface area contributed by atoms with E-state index in [4.69, 9.17) is 23.2 Å². The zero-order valence-corrected chi connectivity index (χ0v) is 15.6. The molecule has 0 amide bonds. The Kier molecular flexibility index (Phi) is 4.86. The van der Waals surface area contributed by atoms with E-state index in [0.717, 1.165) is 6.07 Å².